The molecule has 9 nitrogen and oxygen atoms in total. The van der Waals surface area contributed by atoms with Crippen molar-refractivity contribution in [2.45, 2.75) is 58.9 Å². The minimum absolute atomic E-state index is 0.0125. The molecular formula is C31H40N6O3. The number of aryl methyl sites for hydroxylation is 2. The predicted octanol–water partition coefficient (Wildman–Crippen LogP) is 4.93. The van der Waals surface area contributed by atoms with E-state index in [0.717, 1.165) is 65.9 Å². The summed E-state index contributed by atoms with van der Waals surface area (Å²) in [6.07, 6.45) is 8.93. The molecule has 1 aromatic carbocycles. The van der Waals surface area contributed by atoms with Crippen LogP contribution in [-0.2, 0) is 20.9 Å². The summed E-state index contributed by atoms with van der Waals surface area (Å²) in [7, 11) is 1.54. The van der Waals surface area contributed by atoms with Crippen molar-refractivity contribution < 1.29 is 14.3 Å². The molecule has 3 aromatic rings. The lowest BCUT2D eigenvalue weighted by Gasteiger charge is -2.30. The normalized spacial score (nSPS) is 14.6. The number of nitrogens with zero attached hydrogens (tertiary/aromatic N) is 5. The molecular weight excluding hydrogens is 504 g/mol. The number of hydrogen-bond acceptors (Lipinski definition) is 7. The molecule has 0 aliphatic carbocycles. The van der Waals surface area contributed by atoms with Crippen molar-refractivity contribution >= 4 is 23.5 Å². The van der Waals surface area contributed by atoms with Crippen LogP contribution in [-0.4, -0.2) is 65.0 Å². The third kappa shape index (κ3) is 8.08. The molecule has 212 valence electrons. The summed E-state index contributed by atoms with van der Waals surface area (Å²) in [5, 5.41) is 3.21. The third-order valence-corrected chi connectivity index (χ3v) is 7.06. The molecule has 0 radical (unpaired) electrons. The number of anilines is 2. The van der Waals surface area contributed by atoms with Crippen LogP contribution >= 0.6 is 0 Å². The second-order valence-electron chi connectivity index (χ2n) is 10.3. The van der Waals surface area contributed by atoms with Crippen molar-refractivity contribution in [3.63, 3.8) is 0 Å². The van der Waals surface area contributed by atoms with Gasteiger partial charge in [0.25, 0.3) is 5.91 Å². The van der Waals surface area contributed by atoms with Crippen LogP contribution < -0.4 is 10.2 Å². The van der Waals surface area contributed by atoms with Crippen LogP contribution in [0.2, 0.25) is 0 Å². The van der Waals surface area contributed by atoms with Crippen LogP contribution in [0.5, 0.6) is 0 Å². The maximum absolute atomic E-state index is 13.6. The van der Waals surface area contributed by atoms with E-state index in [1.54, 1.807) is 13.3 Å². The van der Waals surface area contributed by atoms with Gasteiger partial charge in [-0.2, -0.15) is 0 Å². The minimum atomic E-state index is -0.0783. The number of benzene rings is 1. The smallest absolute Gasteiger partial charge is 0.252 e. The van der Waals surface area contributed by atoms with Crippen molar-refractivity contribution in [2.24, 2.45) is 0 Å². The van der Waals surface area contributed by atoms with Gasteiger partial charge in [0.15, 0.2) is 0 Å². The number of pyridine rings is 1. The zero-order valence-corrected chi connectivity index (χ0v) is 23.9. The molecule has 1 aliphatic rings. The quantitative estimate of drug-likeness (QED) is 0.450. The van der Waals surface area contributed by atoms with Gasteiger partial charge >= 0.3 is 0 Å². The SMILES string of the molecule is COCC(=O)N1CCCCCCCN(C(=O)CCNc2nc(C)cc(C)n2)Cc2cc(-c3cccnc3)ccc21. The van der Waals surface area contributed by atoms with Crippen LogP contribution in [0.4, 0.5) is 11.6 Å². The van der Waals surface area contributed by atoms with E-state index in [2.05, 4.69) is 26.3 Å². The molecule has 0 saturated carbocycles. The maximum Gasteiger partial charge on any atom is 0.252 e. The fraction of sp³-hybridized carbons (Fsp3) is 0.452. The Morgan fingerprint density at radius 2 is 1.68 bits per heavy atom. The zero-order chi connectivity index (χ0) is 28.3. The average Bonchev–Trinajstić information content (AvgIpc) is 2.93. The number of aromatic nitrogens is 3. The Morgan fingerprint density at radius 3 is 2.40 bits per heavy atom. The van der Waals surface area contributed by atoms with E-state index in [0.29, 0.717) is 38.5 Å². The van der Waals surface area contributed by atoms with Gasteiger partial charge in [0.1, 0.15) is 6.61 Å². The van der Waals surface area contributed by atoms with Crippen molar-refractivity contribution in [1.29, 1.82) is 0 Å². The second-order valence-corrected chi connectivity index (χ2v) is 10.3. The summed E-state index contributed by atoms with van der Waals surface area (Å²) in [6.45, 7) is 6.02. The van der Waals surface area contributed by atoms with Gasteiger partial charge in [-0.05, 0) is 67.6 Å². The van der Waals surface area contributed by atoms with Gasteiger partial charge in [-0.3, -0.25) is 14.6 Å². The molecule has 0 unspecified atom stereocenters. The molecule has 2 amide bonds. The van der Waals surface area contributed by atoms with Gasteiger partial charge in [-0.1, -0.05) is 31.4 Å². The van der Waals surface area contributed by atoms with E-state index in [9.17, 15) is 9.59 Å². The average molecular weight is 545 g/mol. The Morgan fingerprint density at radius 1 is 0.925 bits per heavy atom. The highest BCUT2D eigenvalue weighted by molar-refractivity contribution is 5.95. The summed E-state index contributed by atoms with van der Waals surface area (Å²) >= 11 is 0. The Hall–Kier alpha value is -3.85. The highest BCUT2D eigenvalue weighted by Crippen LogP contribution is 2.30. The number of carbonyl (C=O) groups is 2. The van der Waals surface area contributed by atoms with Crippen molar-refractivity contribution in [3.8, 4) is 11.1 Å². The van der Waals surface area contributed by atoms with E-state index < -0.39 is 0 Å². The Kier molecular flexibility index (Phi) is 10.6. The summed E-state index contributed by atoms with van der Waals surface area (Å²) < 4.78 is 5.21. The molecule has 40 heavy (non-hydrogen) atoms. The number of methoxy groups -OCH3 is 1. The molecule has 1 aliphatic heterocycles. The Bertz CT molecular complexity index is 1260. The Labute approximate surface area is 237 Å². The molecule has 3 heterocycles. The molecule has 0 saturated heterocycles. The van der Waals surface area contributed by atoms with Gasteiger partial charge in [-0.25, -0.2) is 9.97 Å². The first kappa shape index (κ1) is 29.1. The zero-order valence-electron chi connectivity index (χ0n) is 23.9. The topological polar surface area (TPSA) is 101 Å². The highest BCUT2D eigenvalue weighted by Gasteiger charge is 2.23. The lowest BCUT2D eigenvalue weighted by atomic mass is 10.0. The fourth-order valence-electron chi connectivity index (χ4n) is 5.11. The Balaban J connectivity index is 1.61. The molecule has 0 atom stereocenters. The fourth-order valence-corrected chi connectivity index (χ4v) is 5.11. The third-order valence-electron chi connectivity index (χ3n) is 7.06. The first-order valence-electron chi connectivity index (χ1n) is 14.1. The standard InChI is InChI=1S/C31H40N6O3/c1-23-18-24(2)35-31(34-23)33-15-13-29(38)36-16-7-5-4-6-8-17-37(30(39)22-40-3)28-12-11-25(19-27(28)21-36)26-10-9-14-32-20-26/h9-12,14,18-20H,4-8,13,15-17,21-22H2,1-3H3,(H,33,34,35). The minimum Gasteiger partial charge on any atom is -0.375 e. The number of nitrogens with one attached hydrogen (secondary N) is 1. The van der Waals surface area contributed by atoms with Crippen molar-refractivity contribution in [2.75, 3.05) is 43.6 Å². The summed E-state index contributed by atoms with van der Waals surface area (Å²) in [6, 6.07) is 12.0. The van der Waals surface area contributed by atoms with E-state index >= 15 is 0 Å². The summed E-state index contributed by atoms with van der Waals surface area (Å²) in [5.74, 6) is 0.518. The first-order valence-corrected chi connectivity index (χ1v) is 14.1. The van der Waals surface area contributed by atoms with Gasteiger partial charge in [0.05, 0.1) is 0 Å². The van der Waals surface area contributed by atoms with Gasteiger partial charge < -0.3 is 19.9 Å². The van der Waals surface area contributed by atoms with Crippen molar-refractivity contribution in [3.05, 3.63) is 65.7 Å². The van der Waals surface area contributed by atoms with E-state index in [1.807, 2.05) is 60.2 Å². The molecule has 0 fully saturated rings. The number of amides is 2. The van der Waals surface area contributed by atoms with E-state index in [4.69, 9.17) is 4.74 Å². The van der Waals surface area contributed by atoms with Crippen LogP contribution in [0.1, 0.15) is 55.5 Å². The monoisotopic (exact) mass is 544 g/mol. The molecule has 0 spiro atoms. The van der Waals surface area contributed by atoms with Crippen LogP contribution in [0.15, 0.2) is 48.8 Å². The second kappa shape index (κ2) is 14.5. The largest absolute Gasteiger partial charge is 0.375 e. The highest BCUT2D eigenvalue weighted by atomic mass is 16.5. The summed E-state index contributed by atoms with van der Waals surface area (Å²) in [4.78, 5) is 43.6. The van der Waals surface area contributed by atoms with Crippen LogP contribution in [0, 0.1) is 13.8 Å². The lowest BCUT2D eigenvalue weighted by molar-refractivity contribution is -0.131. The lowest BCUT2D eigenvalue weighted by Crippen LogP contribution is -2.37. The van der Waals surface area contributed by atoms with Crippen molar-refractivity contribution in [1.82, 2.24) is 19.9 Å². The van der Waals surface area contributed by atoms with Crippen LogP contribution in [0.3, 0.4) is 0 Å². The number of rotatable bonds is 7. The molecule has 1 N–H and O–H groups in total. The first-order chi connectivity index (χ1) is 19.4. The molecule has 9 heteroatoms. The number of carbonyl (C=O) groups excluding carboxylic acids is 2. The molecule has 4 rings (SSSR count). The van der Waals surface area contributed by atoms with Gasteiger partial charge in [0, 0.05) is 69.2 Å². The number of ether oxygens (including phenoxy) is 1. The molecule has 2 aromatic heterocycles. The maximum atomic E-state index is 13.6. The van der Waals surface area contributed by atoms with E-state index in [1.165, 1.54) is 0 Å². The number of fused-ring (bicyclic) bond motifs is 1. The van der Waals surface area contributed by atoms with Gasteiger partial charge in [0.2, 0.25) is 11.9 Å². The van der Waals surface area contributed by atoms with Crippen LogP contribution in [0.25, 0.3) is 11.1 Å². The predicted molar refractivity (Wildman–Crippen MR) is 157 cm³/mol. The van der Waals surface area contributed by atoms with E-state index in [-0.39, 0.29) is 18.4 Å². The summed E-state index contributed by atoms with van der Waals surface area (Å²) in [5.41, 5.74) is 5.52. The van der Waals surface area contributed by atoms with Gasteiger partial charge in [-0.15, -0.1) is 0 Å². The number of hydrogen-bond donors (Lipinski definition) is 1. The molecule has 0 bridgehead atoms.